The lowest BCUT2D eigenvalue weighted by atomic mass is 9.82. The molecule has 0 bridgehead atoms. The first kappa shape index (κ1) is 7.08. The number of fused-ring (bicyclic) bond motifs is 1. The highest BCUT2D eigenvalue weighted by Crippen LogP contribution is 2.31. The van der Waals surface area contributed by atoms with Crippen molar-refractivity contribution in [3.8, 4) is 0 Å². The van der Waals surface area contributed by atoms with E-state index in [2.05, 4.69) is 18.0 Å². The van der Waals surface area contributed by atoms with E-state index in [1.165, 1.54) is 31.4 Å². The van der Waals surface area contributed by atoms with Gasteiger partial charge in [-0.25, -0.2) is 0 Å². The molecule has 0 saturated heterocycles. The van der Waals surface area contributed by atoms with Gasteiger partial charge in [0, 0.05) is 12.3 Å². The second kappa shape index (κ2) is 2.80. The van der Waals surface area contributed by atoms with Crippen molar-refractivity contribution >= 4 is 5.71 Å². The monoisotopic (exact) mass is 149 g/mol. The van der Waals surface area contributed by atoms with E-state index in [1.807, 2.05) is 0 Å². The van der Waals surface area contributed by atoms with Crippen molar-refractivity contribution in [1.29, 1.82) is 0 Å². The van der Waals surface area contributed by atoms with Crippen molar-refractivity contribution in [3.63, 3.8) is 0 Å². The van der Waals surface area contributed by atoms with Gasteiger partial charge in [0.05, 0.1) is 0 Å². The fourth-order valence-electron chi connectivity index (χ4n) is 2.08. The van der Waals surface area contributed by atoms with Gasteiger partial charge in [0.2, 0.25) is 0 Å². The molecule has 0 aromatic carbocycles. The molecule has 0 aromatic rings. The lowest BCUT2D eigenvalue weighted by molar-refractivity contribution is 0.458. The molecule has 1 unspecified atom stereocenters. The average Bonchev–Trinajstić information content (AvgIpc) is 2.04. The molecular weight excluding hydrogens is 134 g/mol. The Hall–Kier alpha value is -0.590. The molecule has 0 amide bonds. The fraction of sp³-hybridized carbons (Fsp3) is 0.700. The van der Waals surface area contributed by atoms with Crippen LogP contribution in [-0.2, 0) is 0 Å². The molecule has 1 heterocycles. The van der Waals surface area contributed by atoms with Gasteiger partial charge in [-0.05, 0) is 38.2 Å². The van der Waals surface area contributed by atoms with E-state index in [0.717, 1.165) is 12.5 Å². The molecule has 11 heavy (non-hydrogen) atoms. The average molecular weight is 149 g/mol. The molecule has 0 spiro atoms. The zero-order chi connectivity index (χ0) is 7.68. The molecule has 2 aliphatic rings. The van der Waals surface area contributed by atoms with Gasteiger partial charge in [-0.15, -0.1) is 0 Å². The zero-order valence-corrected chi connectivity index (χ0v) is 7.14. The minimum atomic E-state index is 0.812. The highest BCUT2D eigenvalue weighted by molar-refractivity contribution is 5.94. The lowest BCUT2D eigenvalue weighted by Gasteiger charge is -2.26. The maximum atomic E-state index is 4.45. The highest BCUT2D eigenvalue weighted by Gasteiger charge is 2.20. The Morgan fingerprint density at radius 2 is 2.36 bits per heavy atom. The van der Waals surface area contributed by atoms with Crippen molar-refractivity contribution in [2.24, 2.45) is 10.9 Å². The molecule has 1 heteroatoms. The quantitative estimate of drug-likeness (QED) is 0.502. The van der Waals surface area contributed by atoms with E-state index in [4.69, 9.17) is 0 Å². The standard InChI is InChI=1S/C10H15N/c1-8-6-9-4-2-3-5-10(9)7-11-8/h6,10H,2-5,7H2,1H3. The van der Waals surface area contributed by atoms with Crippen molar-refractivity contribution in [3.05, 3.63) is 11.6 Å². The molecule has 1 aliphatic carbocycles. The molecule has 1 fully saturated rings. The van der Waals surface area contributed by atoms with Crippen molar-refractivity contribution in [1.82, 2.24) is 0 Å². The molecule has 2 rings (SSSR count). The summed E-state index contributed by atoms with van der Waals surface area (Å²) in [5.41, 5.74) is 2.90. The largest absolute Gasteiger partial charge is 0.289 e. The van der Waals surface area contributed by atoms with Crippen LogP contribution in [0.1, 0.15) is 32.6 Å². The van der Waals surface area contributed by atoms with Crippen LogP contribution in [0.4, 0.5) is 0 Å². The van der Waals surface area contributed by atoms with Gasteiger partial charge in [-0.3, -0.25) is 4.99 Å². The minimum Gasteiger partial charge on any atom is -0.289 e. The predicted octanol–water partition coefficient (Wildman–Crippen LogP) is 2.58. The van der Waals surface area contributed by atoms with Crippen molar-refractivity contribution < 1.29 is 0 Å². The summed E-state index contributed by atoms with van der Waals surface area (Å²) in [6, 6.07) is 0. The van der Waals surface area contributed by atoms with Crippen LogP contribution in [0, 0.1) is 5.92 Å². The highest BCUT2D eigenvalue weighted by atomic mass is 14.7. The summed E-state index contributed by atoms with van der Waals surface area (Å²) in [5, 5.41) is 0. The van der Waals surface area contributed by atoms with Crippen LogP contribution in [0.3, 0.4) is 0 Å². The molecule has 1 aliphatic heterocycles. The van der Waals surface area contributed by atoms with E-state index in [-0.39, 0.29) is 0 Å². The molecule has 1 saturated carbocycles. The Morgan fingerprint density at radius 3 is 3.27 bits per heavy atom. The SMILES string of the molecule is CC1=NCC2CCCCC2=C1. The number of hydrogen-bond donors (Lipinski definition) is 0. The van der Waals surface area contributed by atoms with Crippen molar-refractivity contribution in [2.45, 2.75) is 32.6 Å². The molecular formula is C10H15N. The Kier molecular flexibility index (Phi) is 1.80. The Labute approximate surface area is 68.2 Å². The summed E-state index contributed by atoms with van der Waals surface area (Å²) in [5.74, 6) is 0.812. The van der Waals surface area contributed by atoms with Gasteiger partial charge in [0.15, 0.2) is 0 Å². The number of aliphatic imine (C=N–C) groups is 1. The lowest BCUT2D eigenvalue weighted by Crippen LogP contribution is -2.18. The van der Waals surface area contributed by atoms with E-state index in [9.17, 15) is 0 Å². The van der Waals surface area contributed by atoms with Crippen molar-refractivity contribution in [2.75, 3.05) is 6.54 Å². The number of hydrogen-bond acceptors (Lipinski definition) is 1. The first-order valence-corrected chi connectivity index (χ1v) is 4.58. The molecule has 1 nitrogen and oxygen atoms in total. The van der Waals surface area contributed by atoms with Gasteiger partial charge in [0.25, 0.3) is 0 Å². The van der Waals surface area contributed by atoms with Gasteiger partial charge in [-0.1, -0.05) is 12.0 Å². The summed E-state index contributed by atoms with van der Waals surface area (Å²) < 4.78 is 0. The number of allylic oxidation sites excluding steroid dienone is 1. The van der Waals surface area contributed by atoms with Crippen LogP contribution in [-0.4, -0.2) is 12.3 Å². The van der Waals surface area contributed by atoms with E-state index < -0.39 is 0 Å². The summed E-state index contributed by atoms with van der Waals surface area (Å²) in [4.78, 5) is 4.45. The third-order valence-corrected chi connectivity index (χ3v) is 2.75. The first-order valence-electron chi connectivity index (χ1n) is 4.58. The second-order valence-corrected chi connectivity index (χ2v) is 3.64. The molecule has 1 atom stereocenters. The van der Waals surface area contributed by atoms with Crippen LogP contribution in [0.15, 0.2) is 16.6 Å². The molecule has 0 aromatic heterocycles. The predicted molar refractivity (Wildman–Crippen MR) is 48.0 cm³/mol. The molecule has 60 valence electrons. The van der Waals surface area contributed by atoms with E-state index in [1.54, 1.807) is 5.57 Å². The maximum Gasteiger partial charge on any atom is 0.0458 e. The Bertz CT molecular complexity index is 213. The topological polar surface area (TPSA) is 12.4 Å². The third-order valence-electron chi connectivity index (χ3n) is 2.75. The summed E-state index contributed by atoms with van der Waals surface area (Å²) in [6.07, 6.45) is 7.82. The van der Waals surface area contributed by atoms with Gasteiger partial charge in [0.1, 0.15) is 0 Å². The smallest absolute Gasteiger partial charge is 0.0458 e. The second-order valence-electron chi connectivity index (χ2n) is 3.64. The zero-order valence-electron chi connectivity index (χ0n) is 7.14. The number of nitrogens with zero attached hydrogens (tertiary/aromatic N) is 1. The third kappa shape index (κ3) is 1.37. The van der Waals surface area contributed by atoms with Gasteiger partial charge < -0.3 is 0 Å². The van der Waals surface area contributed by atoms with Crippen LogP contribution in [0.2, 0.25) is 0 Å². The molecule has 0 radical (unpaired) electrons. The van der Waals surface area contributed by atoms with Crippen LogP contribution >= 0.6 is 0 Å². The summed E-state index contributed by atoms with van der Waals surface area (Å²) in [6.45, 7) is 3.18. The fourth-order valence-corrected chi connectivity index (χ4v) is 2.08. The summed E-state index contributed by atoms with van der Waals surface area (Å²) >= 11 is 0. The maximum absolute atomic E-state index is 4.45. The van der Waals surface area contributed by atoms with Crippen LogP contribution < -0.4 is 0 Å². The number of rotatable bonds is 0. The number of dihydropyridines is 1. The Balaban J connectivity index is 2.17. The van der Waals surface area contributed by atoms with Gasteiger partial charge in [-0.2, -0.15) is 0 Å². The van der Waals surface area contributed by atoms with Crippen LogP contribution in [0.25, 0.3) is 0 Å². The van der Waals surface area contributed by atoms with Crippen LogP contribution in [0.5, 0.6) is 0 Å². The molecule has 0 N–H and O–H groups in total. The van der Waals surface area contributed by atoms with Gasteiger partial charge >= 0.3 is 0 Å². The minimum absolute atomic E-state index is 0.812. The first-order chi connectivity index (χ1) is 5.36. The normalized spacial score (nSPS) is 30.5. The van der Waals surface area contributed by atoms with E-state index >= 15 is 0 Å². The van der Waals surface area contributed by atoms with E-state index in [0.29, 0.717) is 0 Å². The Morgan fingerprint density at radius 1 is 1.45 bits per heavy atom. The summed E-state index contributed by atoms with van der Waals surface area (Å²) in [7, 11) is 0.